The zero-order valence-electron chi connectivity index (χ0n) is 25.0. The van der Waals surface area contributed by atoms with Crippen LogP contribution in [0.5, 0.6) is 5.75 Å². The number of carbonyl (C=O) groups excluding carboxylic acids is 1. The van der Waals surface area contributed by atoms with Crippen LogP contribution in [0.2, 0.25) is 0 Å². The maximum absolute atomic E-state index is 13.6. The Morgan fingerprint density at radius 3 is 1.77 bits per heavy atom. The predicted octanol–water partition coefficient (Wildman–Crippen LogP) is 9.74. The van der Waals surface area contributed by atoms with Gasteiger partial charge < -0.3 is 14.0 Å². The van der Waals surface area contributed by atoms with Crippen molar-refractivity contribution in [3.63, 3.8) is 0 Å². The third-order valence-corrected chi connectivity index (χ3v) is 10.9. The zero-order chi connectivity index (χ0) is 29.8. The third kappa shape index (κ3) is 6.93. The first-order valence-corrected chi connectivity index (χ1v) is 17.8. The van der Waals surface area contributed by atoms with Gasteiger partial charge in [0.25, 0.3) is 0 Å². The standard InChI is InChI=1S/C36H44O6S/c37-36(42-35(43(38,39)40)31-22-12-20-26-19-10-11-21-30(26)31)41-34-32(27-15-6-2-7-16-27)23-29(25-13-4-1-5-14-25)24-33(34)28-17-8-3-9-18-28/h10-12,19-25,27-28,35H,1-9,13-18H2,(H,38,39,40)/p-1. The van der Waals surface area contributed by atoms with Crippen molar-refractivity contribution in [1.82, 2.24) is 0 Å². The average Bonchev–Trinajstić information content (AvgIpc) is 3.04. The molecule has 6 nitrogen and oxygen atoms in total. The van der Waals surface area contributed by atoms with E-state index in [0.29, 0.717) is 17.1 Å². The van der Waals surface area contributed by atoms with Crippen LogP contribution in [0.15, 0.2) is 54.6 Å². The molecule has 0 aliphatic heterocycles. The lowest BCUT2D eigenvalue weighted by molar-refractivity contribution is 0.0818. The summed E-state index contributed by atoms with van der Waals surface area (Å²) in [4.78, 5) is 13.6. The molecule has 230 valence electrons. The van der Waals surface area contributed by atoms with E-state index in [4.69, 9.17) is 9.47 Å². The molecule has 3 aromatic rings. The second-order valence-corrected chi connectivity index (χ2v) is 14.3. The molecule has 0 amide bonds. The number of hydrogen-bond donors (Lipinski definition) is 0. The fraction of sp³-hybridized carbons (Fsp3) is 0.528. The molecule has 0 saturated heterocycles. The second-order valence-electron chi connectivity index (χ2n) is 12.9. The summed E-state index contributed by atoms with van der Waals surface area (Å²) in [6.07, 6.45) is 16.1. The summed E-state index contributed by atoms with van der Waals surface area (Å²) in [7, 11) is -5.05. The predicted molar refractivity (Wildman–Crippen MR) is 167 cm³/mol. The third-order valence-electron chi connectivity index (χ3n) is 10.1. The Labute approximate surface area is 255 Å². The summed E-state index contributed by atoms with van der Waals surface area (Å²) in [5, 5.41) is 1.30. The molecule has 0 bridgehead atoms. The summed E-state index contributed by atoms with van der Waals surface area (Å²) in [6.45, 7) is 0. The minimum absolute atomic E-state index is 0.137. The van der Waals surface area contributed by atoms with Crippen LogP contribution in [-0.2, 0) is 14.9 Å². The van der Waals surface area contributed by atoms with E-state index < -0.39 is 21.7 Å². The van der Waals surface area contributed by atoms with E-state index in [0.717, 1.165) is 67.9 Å². The van der Waals surface area contributed by atoms with Crippen molar-refractivity contribution in [3.8, 4) is 5.75 Å². The van der Waals surface area contributed by atoms with Crippen molar-refractivity contribution in [2.45, 2.75) is 120 Å². The fourth-order valence-electron chi connectivity index (χ4n) is 7.85. The molecule has 3 saturated carbocycles. The fourth-order valence-corrected chi connectivity index (χ4v) is 8.56. The minimum atomic E-state index is -5.05. The first kappa shape index (κ1) is 30.1. The highest BCUT2D eigenvalue weighted by molar-refractivity contribution is 7.85. The number of carbonyl (C=O) groups is 1. The Morgan fingerprint density at radius 1 is 0.698 bits per heavy atom. The smallest absolute Gasteiger partial charge is 0.515 e. The highest BCUT2D eigenvalue weighted by atomic mass is 32.2. The molecular weight excluding hydrogens is 560 g/mol. The molecule has 1 atom stereocenters. The highest BCUT2D eigenvalue weighted by Crippen LogP contribution is 2.47. The summed E-state index contributed by atoms with van der Waals surface area (Å²) in [5.41, 5.74) is 1.61. The molecule has 6 rings (SSSR count). The summed E-state index contributed by atoms with van der Waals surface area (Å²) in [5.74, 6) is 1.61. The lowest BCUT2D eigenvalue weighted by Gasteiger charge is -2.32. The summed E-state index contributed by atoms with van der Waals surface area (Å²) < 4.78 is 49.2. The largest absolute Gasteiger partial charge is 0.745 e. The SMILES string of the molecule is O=C(Oc1c(C2CCCCC2)cc(C2CCCCC2)cc1C1CCCCC1)OC(c1cccc2ccccc12)S(=O)(=O)[O-]. The molecule has 3 aromatic carbocycles. The molecule has 0 spiro atoms. The van der Waals surface area contributed by atoms with E-state index in [1.807, 2.05) is 18.2 Å². The van der Waals surface area contributed by atoms with Crippen LogP contribution in [0.25, 0.3) is 10.8 Å². The molecule has 3 aliphatic carbocycles. The van der Waals surface area contributed by atoms with Crippen molar-refractivity contribution in [2.75, 3.05) is 0 Å². The Hall–Kier alpha value is -2.90. The number of hydrogen-bond acceptors (Lipinski definition) is 6. The van der Waals surface area contributed by atoms with Gasteiger partial charge in [-0.05, 0) is 83.7 Å². The number of rotatable bonds is 7. The Morgan fingerprint density at radius 2 is 1.21 bits per heavy atom. The van der Waals surface area contributed by atoms with Crippen molar-refractivity contribution >= 4 is 27.0 Å². The molecule has 0 heterocycles. The monoisotopic (exact) mass is 603 g/mol. The lowest BCUT2D eigenvalue weighted by atomic mass is 9.75. The van der Waals surface area contributed by atoms with Gasteiger partial charge in [-0.25, -0.2) is 13.2 Å². The van der Waals surface area contributed by atoms with Gasteiger partial charge in [0.05, 0.1) is 0 Å². The molecule has 0 radical (unpaired) electrons. The van der Waals surface area contributed by atoms with E-state index >= 15 is 0 Å². The average molecular weight is 604 g/mol. The van der Waals surface area contributed by atoms with Gasteiger partial charge in [0.15, 0.2) is 0 Å². The lowest BCUT2D eigenvalue weighted by Crippen LogP contribution is -2.24. The van der Waals surface area contributed by atoms with E-state index in [2.05, 4.69) is 12.1 Å². The number of fused-ring (bicyclic) bond motifs is 1. The molecule has 43 heavy (non-hydrogen) atoms. The van der Waals surface area contributed by atoms with Gasteiger partial charge >= 0.3 is 6.16 Å². The molecule has 0 aromatic heterocycles. The second kappa shape index (κ2) is 13.4. The van der Waals surface area contributed by atoms with E-state index in [9.17, 15) is 17.8 Å². The van der Waals surface area contributed by atoms with E-state index in [-0.39, 0.29) is 17.4 Å². The van der Waals surface area contributed by atoms with Crippen molar-refractivity contribution in [2.24, 2.45) is 0 Å². The van der Waals surface area contributed by atoms with Gasteiger partial charge in [0.2, 0.25) is 5.44 Å². The van der Waals surface area contributed by atoms with Crippen LogP contribution in [0.3, 0.4) is 0 Å². The topological polar surface area (TPSA) is 92.7 Å². The molecule has 3 fully saturated rings. The van der Waals surface area contributed by atoms with E-state index in [1.54, 1.807) is 18.2 Å². The van der Waals surface area contributed by atoms with Crippen LogP contribution in [0, 0.1) is 0 Å². The van der Waals surface area contributed by atoms with Gasteiger partial charge in [0.1, 0.15) is 15.9 Å². The number of benzene rings is 3. The van der Waals surface area contributed by atoms with Crippen LogP contribution in [0.1, 0.15) is 142 Å². The molecule has 1 unspecified atom stereocenters. The molecule has 7 heteroatoms. The van der Waals surface area contributed by atoms with Crippen molar-refractivity contribution in [1.29, 1.82) is 0 Å². The van der Waals surface area contributed by atoms with Gasteiger partial charge in [-0.15, -0.1) is 0 Å². The number of ether oxygens (including phenoxy) is 2. The van der Waals surface area contributed by atoms with Gasteiger partial charge in [-0.3, -0.25) is 0 Å². The van der Waals surface area contributed by atoms with Gasteiger partial charge in [-0.1, -0.05) is 112 Å². The first-order valence-electron chi connectivity index (χ1n) is 16.4. The first-order chi connectivity index (χ1) is 20.9. The van der Waals surface area contributed by atoms with Gasteiger partial charge in [-0.2, -0.15) is 0 Å². The van der Waals surface area contributed by atoms with Crippen LogP contribution in [0.4, 0.5) is 4.79 Å². The quantitative estimate of drug-likeness (QED) is 0.152. The van der Waals surface area contributed by atoms with Crippen LogP contribution < -0.4 is 4.74 Å². The van der Waals surface area contributed by atoms with Crippen LogP contribution >= 0.6 is 0 Å². The molecule has 0 N–H and O–H groups in total. The van der Waals surface area contributed by atoms with Crippen molar-refractivity contribution in [3.05, 3.63) is 76.9 Å². The Bertz CT molecular complexity index is 1480. The summed E-state index contributed by atoms with van der Waals surface area (Å²) in [6, 6.07) is 16.7. The Balaban J connectivity index is 1.39. The zero-order valence-corrected chi connectivity index (χ0v) is 25.8. The van der Waals surface area contributed by atoms with Crippen LogP contribution in [-0.4, -0.2) is 19.1 Å². The molecular formula is C36H43O6S-. The Kier molecular flexibility index (Phi) is 9.39. The maximum atomic E-state index is 13.6. The van der Waals surface area contributed by atoms with Crippen molar-refractivity contribution < 1.29 is 27.2 Å². The minimum Gasteiger partial charge on any atom is -0.745 e. The molecule has 3 aliphatic rings. The maximum Gasteiger partial charge on any atom is 0.515 e. The van der Waals surface area contributed by atoms with Gasteiger partial charge in [0, 0.05) is 5.56 Å². The van der Waals surface area contributed by atoms with E-state index in [1.165, 1.54) is 56.6 Å². The summed E-state index contributed by atoms with van der Waals surface area (Å²) >= 11 is 0. The highest BCUT2D eigenvalue weighted by Gasteiger charge is 2.32. The normalized spacial score (nSPS) is 20.1.